The molecule has 3 N–H and O–H groups in total. The van der Waals surface area contributed by atoms with Crippen molar-refractivity contribution in [3.8, 4) is 17.2 Å². The number of ether oxygens (including phenoxy) is 3. The van der Waals surface area contributed by atoms with Crippen LogP contribution < -0.4 is 14.8 Å². The molecule has 3 rings (SSSR count). The van der Waals surface area contributed by atoms with E-state index in [0.29, 0.717) is 53.0 Å². The molecular weight excluding hydrogens is 524 g/mol. The van der Waals surface area contributed by atoms with Gasteiger partial charge in [0, 0.05) is 11.3 Å². The lowest BCUT2D eigenvalue weighted by molar-refractivity contribution is -0.146. The Bertz CT molecular complexity index is 1280. The summed E-state index contributed by atoms with van der Waals surface area (Å²) in [7, 11) is 1.56. The molecule has 0 spiro atoms. The van der Waals surface area contributed by atoms with E-state index in [-0.39, 0.29) is 24.1 Å². The number of carbonyl (C=O) groups is 3. The average molecular weight is 557 g/mol. The maximum atomic E-state index is 12.1. The Morgan fingerprint density at radius 2 is 1.90 bits per heavy atom. The van der Waals surface area contributed by atoms with Gasteiger partial charge in [-0.2, -0.15) is 4.98 Å². The molecule has 12 heteroatoms. The zero-order valence-corrected chi connectivity index (χ0v) is 22.9. The second-order valence-electron chi connectivity index (χ2n) is 8.49. The van der Waals surface area contributed by atoms with Gasteiger partial charge in [-0.15, -0.1) is 5.10 Å². The number of H-pyrrole nitrogens is 1. The molecule has 0 fully saturated rings. The van der Waals surface area contributed by atoms with Gasteiger partial charge in [0.2, 0.25) is 11.9 Å². The highest BCUT2D eigenvalue weighted by atomic mass is 32.2. The zero-order valence-electron chi connectivity index (χ0n) is 22.1. The maximum Gasteiger partial charge on any atom is 0.315 e. The lowest BCUT2D eigenvalue weighted by atomic mass is 10.0. The molecule has 0 saturated carbocycles. The lowest BCUT2D eigenvalue weighted by Gasteiger charge is -2.14. The number of thioether (sulfide) groups is 1. The largest absolute Gasteiger partial charge is 0.507 e. The number of anilines is 1. The van der Waals surface area contributed by atoms with Gasteiger partial charge < -0.3 is 19.3 Å². The van der Waals surface area contributed by atoms with Gasteiger partial charge in [0.25, 0.3) is 0 Å². The number of ketones is 1. The molecule has 0 saturated heterocycles. The SMILES string of the molecule is CCCc1c(OCCCSc2nc(NC(=O)CC(=O)OCc3ccc(OC)cc3)n[nH]2)ccc(C(C)=O)c1O. The van der Waals surface area contributed by atoms with Gasteiger partial charge in [0.15, 0.2) is 10.9 Å². The third-order valence-electron chi connectivity index (χ3n) is 5.48. The molecule has 11 nitrogen and oxygen atoms in total. The fourth-order valence-electron chi connectivity index (χ4n) is 3.54. The number of Topliss-reactive ketones (excluding diaryl/α,β-unsaturated/α-hetero) is 1. The van der Waals surface area contributed by atoms with Gasteiger partial charge in [-0.25, -0.2) is 0 Å². The van der Waals surface area contributed by atoms with Gasteiger partial charge in [0.05, 0.1) is 19.3 Å². The molecule has 1 heterocycles. The first kappa shape index (κ1) is 29.5. The molecule has 1 aromatic heterocycles. The van der Waals surface area contributed by atoms with Crippen molar-refractivity contribution in [2.24, 2.45) is 0 Å². The summed E-state index contributed by atoms with van der Waals surface area (Å²) in [5, 5.41) is 20.1. The normalized spacial score (nSPS) is 10.6. The van der Waals surface area contributed by atoms with Crippen LogP contribution in [-0.4, -0.2) is 57.4 Å². The van der Waals surface area contributed by atoms with E-state index >= 15 is 0 Å². The van der Waals surface area contributed by atoms with Crippen molar-refractivity contribution in [2.75, 3.05) is 24.8 Å². The third kappa shape index (κ3) is 9.02. The first-order valence-electron chi connectivity index (χ1n) is 12.4. The molecule has 0 unspecified atom stereocenters. The van der Waals surface area contributed by atoms with E-state index in [1.54, 1.807) is 43.5 Å². The predicted molar refractivity (Wildman–Crippen MR) is 145 cm³/mol. The number of rotatable bonds is 15. The van der Waals surface area contributed by atoms with E-state index < -0.39 is 18.3 Å². The number of phenolic OH excluding ortho intramolecular Hbond substituents is 1. The minimum absolute atomic E-state index is 0.0158. The summed E-state index contributed by atoms with van der Waals surface area (Å²) >= 11 is 1.39. The summed E-state index contributed by atoms with van der Waals surface area (Å²) in [6.45, 7) is 3.86. The minimum atomic E-state index is -0.667. The Labute approximate surface area is 230 Å². The highest BCUT2D eigenvalue weighted by Crippen LogP contribution is 2.33. The van der Waals surface area contributed by atoms with Crippen molar-refractivity contribution in [2.45, 2.75) is 51.3 Å². The van der Waals surface area contributed by atoms with Crippen LogP contribution in [0.3, 0.4) is 0 Å². The van der Waals surface area contributed by atoms with E-state index in [9.17, 15) is 19.5 Å². The molecule has 0 aliphatic heterocycles. The van der Waals surface area contributed by atoms with Crippen molar-refractivity contribution in [1.82, 2.24) is 15.2 Å². The van der Waals surface area contributed by atoms with Crippen molar-refractivity contribution in [3.05, 3.63) is 53.1 Å². The van der Waals surface area contributed by atoms with Gasteiger partial charge in [-0.05, 0) is 49.6 Å². The molecule has 2 aromatic carbocycles. The zero-order chi connectivity index (χ0) is 28.2. The number of carbonyl (C=O) groups excluding carboxylic acids is 3. The molecule has 3 aromatic rings. The molecule has 0 aliphatic rings. The smallest absolute Gasteiger partial charge is 0.315 e. The summed E-state index contributed by atoms with van der Waals surface area (Å²) in [6, 6.07) is 10.3. The molecule has 0 aliphatic carbocycles. The molecule has 208 valence electrons. The minimum Gasteiger partial charge on any atom is -0.507 e. The van der Waals surface area contributed by atoms with E-state index in [1.807, 2.05) is 6.92 Å². The average Bonchev–Trinajstić information content (AvgIpc) is 3.35. The number of amides is 1. The van der Waals surface area contributed by atoms with E-state index in [0.717, 1.165) is 12.0 Å². The Balaban J connectivity index is 1.37. The lowest BCUT2D eigenvalue weighted by Crippen LogP contribution is -2.18. The summed E-state index contributed by atoms with van der Waals surface area (Å²) in [4.78, 5) is 40.0. The Hall–Kier alpha value is -4.06. The molecule has 0 atom stereocenters. The Morgan fingerprint density at radius 1 is 1.13 bits per heavy atom. The third-order valence-corrected chi connectivity index (χ3v) is 6.43. The van der Waals surface area contributed by atoms with Crippen molar-refractivity contribution in [1.29, 1.82) is 0 Å². The van der Waals surface area contributed by atoms with Crippen LogP contribution in [0.15, 0.2) is 41.6 Å². The molecule has 1 amide bonds. The first-order chi connectivity index (χ1) is 18.8. The topological polar surface area (TPSA) is 153 Å². The number of nitrogens with one attached hydrogen (secondary N) is 2. The number of methoxy groups -OCH3 is 1. The summed E-state index contributed by atoms with van der Waals surface area (Å²) < 4.78 is 16.1. The standard InChI is InChI=1S/C27H32N4O7S/c1-4-6-21-22(12-11-20(17(2)32)25(21)35)37-13-5-14-39-27-29-26(30-31-27)28-23(33)15-24(34)38-16-18-7-9-19(36-3)10-8-18/h7-12,35H,4-6,13-16H2,1-3H3,(H2,28,29,30,31,33). The molecular formula is C27H32N4O7S. The number of esters is 1. The second kappa shape index (κ2) is 14.8. The summed E-state index contributed by atoms with van der Waals surface area (Å²) in [6.07, 6.45) is 1.61. The van der Waals surface area contributed by atoms with Crippen LogP contribution >= 0.6 is 11.8 Å². The number of phenols is 1. The molecule has 0 bridgehead atoms. The first-order valence-corrected chi connectivity index (χ1v) is 13.4. The van der Waals surface area contributed by atoms with Crippen LogP contribution in [0.25, 0.3) is 0 Å². The summed E-state index contributed by atoms with van der Waals surface area (Å²) in [5.74, 6) is 0.518. The van der Waals surface area contributed by atoms with Crippen LogP contribution in [0.1, 0.15) is 54.6 Å². The predicted octanol–water partition coefficient (Wildman–Crippen LogP) is 4.31. The monoisotopic (exact) mass is 556 g/mol. The number of benzene rings is 2. The fourth-order valence-corrected chi connectivity index (χ4v) is 4.26. The summed E-state index contributed by atoms with van der Waals surface area (Å²) in [5.41, 5.74) is 1.70. The Morgan fingerprint density at radius 3 is 2.59 bits per heavy atom. The van der Waals surface area contributed by atoms with Gasteiger partial charge in [-0.1, -0.05) is 37.2 Å². The number of hydrogen-bond donors (Lipinski definition) is 3. The highest BCUT2D eigenvalue weighted by Gasteiger charge is 2.16. The molecule has 39 heavy (non-hydrogen) atoms. The van der Waals surface area contributed by atoms with E-state index in [1.165, 1.54) is 18.7 Å². The number of hydrogen-bond acceptors (Lipinski definition) is 10. The maximum absolute atomic E-state index is 12.1. The van der Waals surface area contributed by atoms with Crippen LogP contribution in [0, 0.1) is 0 Å². The number of aromatic amines is 1. The van der Waals surface area contributed by atoms with Crippen molar-refractivity contribution >= 4 is 35.4 Å². The van der Waals surface area contributed by atoms with Crippen molar-refractivity contribution < 1.29 is 33.7 Å². The number of aromatic hydroxyl groups is 1. The van der Waals surface area contributed by atoms with Gasteiger partial charge >= 0.3 is 5.97 Å². The number of aromatic nitrogens is 3. The van der Waals surface area contributed by atoms with E-state index in [4.69, 9.17) is 14.2 Å². The van der Waals surface area contributed by atoms with E-state index in [2.05, 4.69) is 20.5 Å². The van der Waals surface area contributed by atoms with Crippen LogP contribution in [0.4, 0.5) is 5.95 Å². The second-order valence-corrected chi connectivity index (χ2v) is 9.58. The highest BCUT2D eigenvalue weighted by molar-refractivity contribution is 7.99. The fraction of sp³-hybridized carbons (Fsp3) is 0.370. The van der Waals surface area contributed by atoms with Gasteiger partial charge in [0.1, 0.15) is 30.3 Å². The van der Waals surface area contributed by atoms with Crippen LogP contribution in [0.5, 0.6) is 17.2 Å². The Kier molecular flexibility index (Phi) is 11.2. The molecule has 0 radical (unpaired) electrons. The van der Waals surface area contributed by atoms with Crippen LogP contribution in [-0.2, 0) is 27.4 Å². The number of nitrogens with zero attached hydrogens (tertiary/aromatic N) is 2. The van der Waals surface area contributed by atoms with Gasteiger partial charge in [-0.3, -0.25) is 24.8 Å². The van der Waals surface area contributed by atoms with Crippen LogP contribution in [0.2, 0.25) is 0 Å². The quantitative estimate of drug-likeness (QED) is 0.0811. The van der Waals surface area contributed by atoms with Crippen molar-refractivity contribution in [3.63, 3.8) is 0 Å².